The lowest BCUT2D eigenvalue weighted by Crippen LogP contribution is -1.94. The topological polar surface area (TPSA) is 112 Å². The number of nitrogens with zero attached hydrogens (tertiary/aromatic N) is 2. The van der Waals surface area contributed by atoms with Gasteiger partial charge in [0.05, 0.1) is 0 Å². The molecule has 0 aliphatic rings. The van der Waals surface area contributed by atoms with E-state index in [0.717, 1.165) is 0 Å². The van der Waals surface area contributed by atoms with Crippen molar-refractivity contribution in [3.05, 3.63) is 46.6 Å². The van der Waals surface area contributed by atoms with Gasteiger partial charge in [-0.15, -0.1) is 0 Å². The zero-order valence-electron chi connectivity index (χ0n) is 9.11. The van der Waals surface area contributed by atoms with E-state index in [-0.39, 0.29) is 5.75 Å². The second-order valence-electron chi connectivity index (χ2n) is 3.41. The molecule has 0 atom stereocenters. The van der Waals surface area contributed by atoms with Crippen molar-refractivity contribution in [3.8, 4) is 17.2 Å². The van der Waals surface area contributed by atoms with Crippen LogP contribution in [0.4, 0.5) is 11.5 Å². The first kappa shape index (κ1) is 11.6. The van der Waals surface area contributed by atoms with Crippen LogP contribution in [0.25, 0.3) is 0 Å². The monoisotopic (exact) mass is 247 g/mol. The number of aromatic hydroxyl groups is 1. The maximum absolute atomic E-state index is 10.6. The SMILES string of the molecule is Nc1ccc(Oc2ccnc([N+](=O)[O-])c2O)cc1. The lowest BCUT2D eigenvalue weighted by molar-refractivity contribution is -0.390. The Morgan fingerprint density at radius 1 is 1.28 bits per heavy atom. The van der Waals surface area contributed by atoms with Crippen LogP contribution < -0.4 is 10.5 Å². The molecule has 0 aliphatic heterocycles. The predicted octanol–water partition coefficient (Wildman–Crippen LogP) is 2.07. The Balaban J connectivity index is 2.32. The number of hydrogen-bond acceptors (Lipinski definition) is 6. The minimum atomic E-state index is -0.787. The summed E-state index contributed by atoms with van der Waals surface area (Å²) >= 11 is 0. The summed E-state index contributed by atoms with van der Waals surface area (Å²) in [6, 6.07) is 7.73. The van der Waals surface area contributed by atoms with Crippen molar-refractivity contribution in [2.45, 2.75) is 0 Å². The van der Waals surface area contributed by atoms with Gasteiger partial charge in [-0.1, -0.05) is 0 Å². The molecule has 0 unspecified atom stereocenters. The zero-order chi connectivity index (χ0) is 13.1. The summed E-state index contributed by atoms with van der Waals surface area (Å²) in [6.45, 7) is 0. The molecule has 7 nitrogen and oxygen atoms in total. The number of ether oxygens (including phenoxy) is 1. The summed E-state index contributed by atoms with van der Waals surface area (Å²) in [5.41, 5.74) is 6.07. The van der Waals surface area contributed by atoms with Gasteiger partial charge in [0.2, 0.25) is 0 Å². The molecule has 92 valence electrons. The molecule has 0 amide bonds. The third-order valence-electron chi connectivity index (χ3n) is 2.15. The van der Waals surface area contributed by atoms with Crippen molar-refractivity contribution in [1.29, 1.82) is 0 Å². The van der Waals surface area contributed by atoms with Gasteiger partial charge in [-0.25, -0.2) is 0 Å². The summed E-state index contributed by atoms with van der Waals surface area (Å²) in [6.07, 6.45) is 1.19. The second-order valence-corrected chi connectivity index (χ2v) is 3.41. The van der Waals surface area contributed by atoms with Crippen LogP contribution in [0.1, 0.15) is 0 Å². The highest BCUT2D eigenvalue weighted by atomic mass is 16.6. The zero-order valence-corrected chi connectivity index (χ0v) is 9.11. The van der Waals surface area contributed by atoms with Gasteiger partial charge in [-0.2, -0.15) is 0 Å². The van der Waals surface area contributed by atoms with Crippen LogP contribution in [0.5, 0.6) is 17.2 Å². The van der Waals surface area contributed by atoms with E-state index in [1.165, 1.54) is 12.3 Å². The summed E-state index contributed by atoms with van der Waals surface area (Å²) < 4.78 is 5.30. The molecular formula is C11H9N3O4. The highest BCUT2D eigenvalue weighted by Gasteiger charge is 2.19. The van der Waals surface area contributed by atoms with Crippen LogP contribution in [-0.4, -0.2) is 15.0 Å². The number of rotatable bonds is 3. The summed E-state index contributed by atoms with van der Waals surface area (Å²) in [7, 11) is 0. The van der Waals surface area contributed by atoms with Crippen LogP contribution in [0.2, 0.25) is 0 Å². The lowest BCUT2D eigenvalue weighted by Gasteiger charge is -2.06. The number of pyridine rings is 1. The molecule has 3 N–H and O–H groups in total. The number of anilines is 1. The maximum Gasteiger partial charge on any atom is 0.409 e. The number of hydrogen-bond donors (Lipinski definition) is 2. The minimum Gasteiger partial charge on any atom is -0.498 e. The Hall–Kier alpha value is -2.83. The Morgan fingerprint density at radius 3 is 2.56 bits per heavy atom. The quantitative estimate of drug-likeness (QED) is 0.487. The van der Waals surface area contributed by atoms with E-state index in [9.17, 15) is 15.2 Å². The molecule has 0 radical (unpaired) electrons. The van der Waals surface area contributed by atoms with Crippen LogP contribution in [0.3, 0.4) is 0 Å². The van der Waals surface area contributed by atoms with E-state index in [1.807, 2.05) is 0 Å². The molecule has 0 saturated heterocycles. The van der Waals surface area contributed by atoms with Gasteiger partial charge in [-0.05, 0) is 34.2 Å². The number of aromatic nitrogens is 1. The smallest absolute Gasteiger partial charge is 0.409 e. The lowest BCUT2D eigenvalue weighted by atomic mass is 10.3. The fourth-order valence-electron chi connectivity index (χ4n) is 1.30. The van der Waals surface area contributed by atoms with Crippen LogP contribution in [-0.2, 0) is 0 Å². The van der Waals surface area contributed by atoms with E-state index < -0.39 is 16.5 Å². The fraction of sp³-hybridized carbons (Fsp3) is 0. The number of benzene rings is 1. The van der Waals surface area contributed by atoms with Gasteiger partial charge >= 0.3 is 5.82 Å². The third kappa shape index (κ3) is 2.29. The van der Waals surface area contributed by atoms with Crippen molar-refractivity contribution in [2.24, 2.45) is 0 Å². The summed E-state index contributed by atoms with van der Waals surface area (Å²) in [5.74, 6) is -0.899. The van der Waals surface area contributed by atoms with Crippen molar-refractivity contribution in [3.63, 3.8) is 0 Å². The van der Waals surface area contributed by atoms with Crippen molar-refractivity contribution in [2.75, 3.05) is 5.73 Å². The first-order valence-electron chi connectivity index (χ1n) is 4.93. The Labute approximate surface area is 102 Å². The Kier molecular flexibility index (Phi) is 2.96. The molecule has 1 aromatic heterocycles. The van der Waals surface area contributed by atoms with Gasteiger partial charge in [0.1, 0.15) is 11.9 Å². The van der Waals surface area contributed by atoms with Crippen molar-refractivity contribution in [1.82, 2.24) is 4.98 Å². The fourth-order valence-corrected chi connectivity index (χ4v) is 1.30. The molecule has 0 spiro atoms. The highest BCUT2D eigenvalue weighted by molar-refractivity contribution is 5.51. The molecule has 1 aromatic carbocycles. The molecule has 0 saturated carbocycles. The second kappa shape index (κ2) is 4.58. The average Bonchev–Trinajstić information content (AvgIpc) is 2.34. The van der Waals surface area contributed by atoms with Crippen LogP contribution >= 0.6 is 0 Å². The molecule has 2 rings (SSSR count). The first-order chi connectivity index (χ1) is 8.58. The summed E-state index contributed by atoms with van der Waals surface area (Å²) in [4.78, 5) is 13.2. The largest absolute Gasteiger partial charge is 0.498 e. The molecular weight excluding hydrogens is 238 g/mol. The molecule has 18 heavy (non-hydrogen) atoms. The normalized spacial score (nSPS) is 10.0. The Morgan fingerprint density at radius 2 is 1.94 bits per heavy atom. The molecule has 7 heteroatoms. The van der Waals surface area contributed by atoms with Gasteiger partial charge in [0, 0.05) is 11.8 Å². The number of nitrogen functional groups attached to an aromatic ring is 1. The molecule has 0 bridgehead atoms. The molecule has 0 fully saturated rings. The third-order valence-corrected chi connectivity index (χ3v) is 2.15. The maximum atomic E-state index is 10.6. The number of nitro groups is 1. The minimum absolute atomic E-state index is 0.0403. The van der Waals surface area contributed by atoms with E-state index in [0.29, 0.717) is 11.4 Å². The van der Waals surface area contributed by atoms with E-state index in [1.54, 1.807) is 24.3 Å². The van der Waals surface area contributed by atoms with E-state index in [4.69, 9.17) is 10.5 Å². The first-order valence-corrected chi connectivity index (χ1v) is 4.93. The van der Waals surface area contributed by atoms with Gasteiger partial charge in [0.15, 0.2) is 5.75 Å². The highest BCUT2D eigenvalue weighted by Crippen LogP contribution is 2.36. The summed E-state index contributed by atoms with van der Waals surface area (Å²) in [5, 5.41) is 20.2. The van der Waals surface area contributed by atoms with Crippen molar-refractivity contribution < 1.29 is 14.8 Å². The van der Waals surface area contributed by atoms with Crippen LogP contribution in [0, 0.1) is 10.1 Å². The predicted molar refractivity (Wildman–Crippen MR) is 63.5 cm³/mol. The van der Waals surface area contributed by atoms with E-state index in [2.05, 4.69) is 4.98 Å². The van der Waals surface area contributed by atoms with Gasteiger partial charge in [0.25, 0.3) is 5.75 Å². The molecule has 1 heterocycles. The average molecular weight is 247 g/mol. The molecule has 0 aliphatic carbocycles. The van der Waals surface area contributed by atoms with Gasteiger partial charge in [-0.3, -0.25) is 0 Å². The van der Waals surface area contributed by atoms with Gasteiger partial charge < -0.3 is 25.7 Å². The Bertz CT molecular complexity index is 583. The van der Waals surface area contributed by atoms with Crippen LogP contribution in [0.15, 0.2) is 36.5 Å². The standard InChI is InChI=1S/C11H9N3O4/c12-7-1-3-8(4-2-7)18-9-5-6-13-11(10(9)15)14(16)17/h1-6,15H,12H2. The van der Waals surface area contributed by atoms with Crippen molar-refractivity contribution >= 4 is 11.5 Å². The number of nitrogens with two attached hydrogens (primary N) is 1. The molecule has 2 aromatic rings. The van der Waals surface area contributed by atoms with E-state index >= 15 is 0 Å².